The summed E-state index contributed by atoms with van der Waals surface area (Å²) >= 11 is -0.273. The van der Waals surface area contributed by atoms with Gasteiger partial charge in [0.1, 0.15) is 11.9 Å². The first-order valence-corrected chi connectivity index (χ1v) is 9.99. The molecule has 2 aromatic carbocycles. The molecule has 1 atom stereocenters. The number of thioether (sulfide) groups is 1. The van der Waals surface area contributed by atoms with Crippen LogP contribution >= 0.6 is 11.8 Å². The van der Waals surface area contributed by atoms with Crippen molar-refractivity contribution in [2.24, 2.45) is 0 Å². The largest absolute Gasteiger partial charge is 0.446 e. The minimum atomic E-state index is -4.43. The molecular weight excluding hydrogens is 434 g/mol. The second kappa shape index (κ2) is 7.84. The van der Waals surface area contributed by atoms with Crippen molar-refractivity contribution in [1.82, 2.24) is 9.88 Å². The number of halogens is 4. The van der Waals surface area contributed by atoms with Crippen molar-refractivity contribution in [3.8, 4) is 0 Å². The minimum Gasteiger partial charge on any atom is -0.308 e. The highest BCUT2D eigenvalue weighted by molar-refractivity contribution is 8.00. The number of pyridine rings is 1. The van der Waals surface area contributed by atoms with Crippen LogP contribution in [0.1, 0.15) is 12.5 Å². The number of imide groups is 1. The molecule has 3 amide bonds. The quantitative estimate of drug-likeness (QED) is 0.306. The Morgan fingerprint density at radius 1 is 1.06 bits per heavy atom. The summed E-state index contributed by atoms with van der Waals surface area (Å²) in [6, 6.07) is 9.52. The van der Waals surface area contributed by atoms with E-state index >= 15 is 0 Å². The molecule has 0 bridgehead atoms. The highest BCUT2D eigenvalue weighted by Gasteiger charge is 2.43. The number of hydrogen-bond acceptors (Lipinski definition) is 4. The van der Waals surface area contributed by atoms with Gasteiger partial charge in [-0.25, -0.2) is 14.1 Å². The molecule has 1 saturated heterocycles. The number of carbonyl (C=O) groups is 2. The van der Waals surface area contributed by atoms with Crippen molar-refractivity contribution < 1.29 is 27.2 Å². The van der Waals surface area contributed by atoms with Crippen molar-refractivity contribution in [3.63, 3.8) is 0 Å². The van der Waals surface area contributed by atoms with Crippen LogP contribution in [0.15, 0.2) is 59.6 Å². The normalized spacial score (nSPS) is 17.1. The molecule has 0 radical (unpaired) electrons. The topological polar surface area (TPSA) is 53.5 Å². The summed E-state index contributed by atoms with van der Waals surface area (Å²) in [5, 5.41) is 0.656. The Hall–Kier alpha value is -3.14. The summed E-state index contributed by atoms with van der Waals surface area (Å²) in [5.74, 6) is -0.915. The first kappa shape index (κ1) is 21.1. The Labute approximate surface area is 178 Å². The fourth-order valence-corrected chi connectivity index (χ4v) is 3.99. The van der Waals surface area contributed by atoms with Gasteiger partial charge < -0.3 is 4.90 Å². The highest BCUT2D eigenvalue weighted by Crippen LogP contribution is 2.38. The summed E-state index contributed by atoms with van der Waals surface area (Å²) in [6.45, 7) is 1.67. The van der Waals surface area contributed by atoms with Crippen LogP contribution in [-0.4, -0.2) is 33.4 Å². The predicted molar refractivity (Wildman–Crippen MR) is 108 cm³/mol. The first-order valence-electron chi connectivity index (χ1n) is 9.17. The fourth-order valence-electron chi connectivity index (χ4n) is 3.45. The van der Waals surface area contributed by atoms with Gasteiger partial charge in [-0.2, -0.15) is 13.2 Å². The fraction of sp³-hybridized carbons (Fsp3) is 0.190. The van der Waals surface area contributed by atoms with Crippen molar-refractivity contribution in [2.45, 2.75) is 29.9 Å². The molecule has 31 heavy (non-hydrogen) atoms. The van der Waals surface area contributed by atoms with E-state index in [1.807, 2.05) is 0 Å². The number of carbonyl (C=O) groups excluding carboxylic acids is 2. The molecule has 10 heteroatoms. The average molecular weight is 449 g/mol. The van der Waals surface area contributed by atoms with E-state index in [2.05, 4.69) is 4.98 Å². The number of hydrogen-bond donors (Lipinski definition) is 0. The summed E-state index contributed by atoms with van der Waals surface area (Å²) in [5.41, 5.74) is -3.12. The van der Waals surface area contributed by atoms with E-state index in [0.29, 0.717) is 16.5 Å². The summed E-state index contributed by atoms with van der Waals surface area (Å²) in [6.07, 6.45) is 1.50. The van der Waals surface area contributed by atoms with E-state index < -0.39 is 29.3 Å². The number of benzene rings is 2. The van der Waals surface area contributed by atoms with Crippen LogP contribution in [-0.2, 0) is 11.3 Å². The van der Waals surface area contributed by atoms with Gasteiger partial charge in [0.2, 0.25) is 0 Å². The molecule has 3 aromatic rings. The lowest BCUT2D eigenvalue weighted by molar-refractivity contribution is -0.119. The molecule has 1 aliphatic heterocycles. The van der Waals surface area contributed by atoms with E-state index in [0.717, 1.165) is 4.90 Å². The number of nitrogens with zero attached hydrogens (tertiary/aromatic N) is 3. The number of rotatable bonds is 4. The number of alkyl halides is 3. The Morgan fingerprint density at radius 2 is 1.77 bits per heavy atom. The third kappa shape index (κ3) is 4.20. The first-order chi connectivity index (χ1) is 14.6. The number of aromatic nitrogens is 1. The van der Waals surface area contributed by atoms with E-state index in [9.17, 15) is 27.2 Å². The molecule has 160 valence electrons. The lowest BCUT2D eigenvalue weighted by Crippen LogP contribution is -2.33. The highest BCUT2D eigenvalue weighted by atomic mass is 32.2. The van der Waals surface area contributed by atoms with Crippen LogP contribution in [0.25, 0.3) is 10.9 Å². The third-order valence-electron chi connectivity index (χ3n) is 4.95. The number of amides is 3. The van der Waals surface area contributed by atoms with Gasteiger partial charge in [-0.3, -0.25) is 9.78 Å². The van der Waals surface area contributed by atoms with Crippen LogP contribution < -0.4 is 4.90 Å². The summed E-state index contributed by atoms with van der Waals surface area (Å²) in [4.78, 5) is 32.2. The lowest BCUT2D eigenvalue weighted by atomic mass is 10.1. The Kier molecular flexibility index (Phi) is 5.34. The molecule has 0 N–H and O–H groups in total. The maximum absolute atomic E-state index is 13.5. The van der Waals surface area contributed by atoms with Gasteiger partial charge in [0.25, 0.3) is 5.91 Å². The van der Waals surface area contributed by atoms with E-state index in [-0.39, 0.29) is 28.9 Å². The second-order valence-corrected chi connectivity index (χ2v) is 8.07. The monoisotopic (exact) mass is 449 g/mol. The van der Waals surface area contributed by atoms with Crippen molar-refractivity contribution >= 4 is 40.3 Å². The van der Waals surface area contributed by atoms with Gasteiger partial charge >= 0.3 is 11.5 Å². The smallest absolute Gasteiger partial charge is 0.308 e. The Balaban J connectivity index is 1.60. The zero-order chi connectivity index (χ0) is 22.3. The maximum atomic E-state index is 13.5. The van der Waals surface area contributed by atoms with Crippen LogP contribution in [0.5, 0.6) is 0 Å². The molecule has 1 unspecified atom stereocenters. The van der Waals surface area contributed by atoms with Crippen LogP contribution in [0.2, 0.25) is 0 Å². The number of fused-ring (bicyclic) bond motifs is 1. The standard InChI is InChI=1S/C21H15F4N3O2S/c1-12-19(29)28(15-3-5-16(6-4-15)31-21(23,24)25)20(30)27(12)11-13-8-9-26-18-10-14(22)2-7-17(13)18/h2-10,12H,11H2,1H3. The molecule has 4 rings (SSSR count). The Morgan fingerprint density at radius 3 is 2.45 bits per heavy atom. The van der Waals surface area contributed by atoms with E-state index in [1.54, 1.807) is 19.1 Å². The van der Waals surface area contributed by atoms with Crippen molar-refractivity contribution in [2.75, 3.05) is 4.90 Å². The van der Waals surface area contributed by atoms with Crippen LogP contribution in [0.3, 0.4) is 0 Å². The van der Waals surface area contributed by atoms with Gasteiger partial charge in [-0.15, -0.1) is 0 Å². The minimum absolute atomic E-state index is 0.0456. The van der Waals surface area contributed by atoms with Gasteiger partial charge in [-0.1, -0.05) is 0 Å². The third-order valence-corrected chi connectivity index (χ3v) is 5.69. The second-order valence-electron chi connectivity index (χ2n) is 6.93. The number of anilines is 1. The van der Waals surface area contributed by atoms with E-state index in [1.165, 1.54) is 47.5 Å². The SMILES string of the molecule is CC1C(=O)N(c2ccc(SC(F)(F)F)cc2)C(=O)N1Cc1ccnc2cc(F)ccc12. The van der Waals surface area contributed by atoms with Gasteiger partial charge in [0, 0.05) is 29.1 Å². The summed E-state index contributed by atoms with van der Waals surface area (Å²) in [7, 11) is 0. The lowest BCUT2D eigenvalue weighted by Gasteiger charge is -2.20. The zero-order valence-electron chi connectivity index (χ0n) is 16.1. The van der Waals surface area contributed by atoms with Gasteiger partial charge in [-0.05, 0) is 66.7 Å². The summed E-state index contributed by atoms with van der Waals surface area (Å²) < 4.78 is 51.1. The molecule has 0 aliphatic carbocycles. The molecular formula is C21H15F4N3O2S. The predicted octanol–water partition coefficient (Wildman–Crippen LogP) is 5.34. The molecule has 0 spiro atoms. The molecule has 0 saturated carbocycles. The molecule has 2 heterocycles. The molecule has 1 aromatic heterocycles. The van der Waals surface area contributed by atoms with E-state index in [4.69, 9.17) is 0 Å². The molecule has 1 fully saturated rings. The maximum Gasteiger partial charge on any atom is 0.446 e. The molecule has 1 aliphatic rings. The van der Waals surface area contributed by atoms with Gasteiger partial charge in [0.05, 0.1) is 11.2 Å². The van der Waals surface area contributed by atoms with Crippen molar-refractivity contribution in [1.29, 1.82) is 0 Å². The average Bonchev–Trinajstić information content (AvgIpc) is 2.91. The van der Waals surface area contributed by atoms with Crippen LogP contribution in [0, 0.1) is 5.82 Å². The van der Waals surface area contributed by atoms with Crippen molar-refractivity contribution in [3.05, 3.63) is 66.1 Å². The zero-order valence-corrected chi connectivity index (χ0v) is 16.9. The number of urea groups is 1. The van der Waals surface area contributed by atoms with Gasteiger partial charge in [0.15, 0.2) is 0 Å². The molecule has 5 nitrogen and oxygen atoms in total. The van der Waals surface area contributed by atoms with Crippen LogP contribution in [0.4, 0.5) is 28.0 Å². The Bertz CT molecular complexity index is 1170.